The number of nitrogens with one attached hydrogen (secondary N) is 1. The fourth-order valence-corrected chi connectivity index (χ4v) is 5.98. The molecular formula is C34H28ClF3N2O3. The van der Waals surface area contributed by atoms with Crippen molar-refractivity contribution >= 4 is 29.6 Å². The Bertz CT molecular complexity index is 1870. The molecule has 0 spiro atoms. The molecule has 0 radical (unpaired) electrons. The molecule has 0 amide bonds. The maximum Gasteiger partial charge on any atom is 0.416 e. The third-order valence-electron chi connectivity index (χ3n) is 8.01. The number of benzene rings is 4. The number of halogens is 4. The van der Waals surface area contributed by atoms with Crippen molar-refractivity contribution in [1.82, 2.24) is 0 Å². The first-order valence-electron chi connectivity index (χ1n) is 14.1. The van der Waals surface area contributed by atoms with Crippen molar-refractivity contribution in [2.24, 2.45) is 4.99 Å². The molecule has 0 atom stereocenters. The molecule has 43 heavy (non-hydrogen) atoms. The van der Waals surface area contributed by atoms with Crippen LogP contribution in [0.3, 0.4) is 0 Å². The number of nitrogens with zero attached hydrogens (tertiary/aromatic N) is 1. The first kappa shape index (κ1) is 28.8. The largest absolute Gasteiger partial charge is 0.457 e. The summed E-state index contributed by atoms with van der Waals surface area (Å²) in [4.78, 5) is 18.2. The van der Waals surface area contributed by atoms with E-state index >= 15 is 0 Å². The van der Waals surface area contributed by atoms with Crippen LogP contribution in [0.25, 0.3) is 5.57 Å². The lowest BCUT2D eigenvalue weighted by Crippen LogP contribution is -2.26. The second kappa shape index (κ2) is 11.4. The number of hydrogen-bond acceptors (Lipinski definition) is 5. The molecule has 220 valence electrons. The highest BCUT2D eigenvalue weighted by molar-refractivity contribution is 5.99. The number of fused-ring (bicyclic) bond motifs is 4. The molecule has 9 heteroatoms. The van der Waals surface area contributed by atoms with Gasteiger partial charge in [-0.15, -0.1) is 12.4 Å². The van der Waals surface area contributed by atoms with E-state index in [2.05, 4.69) is 17.4 Å². The van der Waals surface area contributed by atoms with Gasteiger partial charge in [-0.05, 0) is 78.3 Å². The van der Waals surface area contributed by atoms with E-state index in [9.17, 15) is 18.0 Å². The van der Waals surface area contributed by atoms with Crippen molar-refractivity contribution in [3.8, 4) is 11.5 Å². The third-order valence-corrected chi connectivity index (χ3v) is 8.01. The molecule has 4 aromatic carbocycles. The van der Waals surface area contributed by atoms with Gasteiger partial charge in [0.05, 0.1) is 16.5 Å². The third kappa shape index (κ3) is 5.47. The van der Waals surface area contributed by atoms with E-state index in [0.29, 0.717) is 22.6 Å². The molecule has 1 N–H and O–H groups in total. The molecule has 5 nitrogen and oxygen atoms in total. The minimum Gasteiger partial charge on any atom is -0.457 e. The van der Waals surface area contributed by atoms with Crippen molar-refractivity contribution in [2.45, 2.75) is 38.5 Å². The van der Waals surface area contributed by atoms with Crippen molar-refractivity contribution < 1.29 is 27.4 Å². The van der Waals surface area contributed by atoms with E-state index in [0.717, 1.165) is 83.9 Å². The Morgan fingerprint density at radius 3 is 2.60 bits per heavy atom. The summed E-state index contributed by atoms with van der Waals surface area (Å²) in [5.41, 5.74) is 5.59. The predicted molar refractivity (Wildman–Crippen MR) is 160 cm³/mol. The zero-order valence-corrected chi connectivity index (χ0v) is 23.9. The van der Waals surface area contributed by atoms with E-state index in [-0.39, 0.29) is 24.6 Å². The minimum absolute atomic E-state index is 0. The highest BCUT2D eigenvalue weighted by atomic mass is 35.5. The quantitative estimate of drug-likeness (QED) is 0.230. The average Bonchev–Trinajstić information content (AvgIpc) is 3.00. The van der Waals surface area contributed by atoms with Gasteiger partial charge >= 0.3 is 12.1 Å². The highest BCUT2D eigenvalue weighted by Gasteiger charge is 2.31. The SMILES string of the molecule is Cl.O=C(OCc1cccc(C(F)(F)F)c1)c1ccccc1C1=c2cc3c(cc2Oc2cc4c(cc21)CCCN4)=NCCC3. The van der Waals surface area contributed by atoms with E-state index in [1.807, 2.05) is 24.3 Å². The summed E-state index contributed by atoms with van der Waals surface area (Å²) >= 11 is 0. The van der Waals surface area contributed by atoms with Crippen molar-refractivity contribution in [3.63, 3.8) is 0 Å². The second-order valence-corrected chi connectivity index (χ2v) is 10.8. The van der Waals surface area contributed by atoms with Crippen LogP contribution in [0, 0.1) is 0 Å². The van der Waals surface area contributed by atoms with Gasteiger partial charge in [-0.3, -0.25) is 4.99 Å². The molecule has 0 bridgehead atoms. The standard InChI is InChI=1S/C34H27F3N2O3.ClH/c35-34(36,37)23-9-3-6-20(14-23)19-41-33(40)25-11-2-1-10-24(25)32-26-15-21-7-4-12-38-28(21)17-30(26)42-31-18-29-22(16-27(31)32)8-5-13-39-29;/h1-3,6,9-11,14-18,38H,4-5,7-8,12-13,19H2;1H. The van der Waals surface area contributed by atoms with Crippen molar-refractivity contribution in [3.05, 3.63) is 122 Å². The van der Waals surface area contributed by atoms with Gasteiger partial charge in [0.15, 0.2) is 0 Å². The summed E-state index contributed by atoms with van der Waals surface area (Å²) in [6, 6.07) is 20.3. The van der Waals surface area contributed by atoms with Crippen molar-refractivity contribution in [1.29, 1.82) is 0 Å². The fourth-order valence-electron chi connectivity index (χ4n) is 5.98. The van der Waals surface area contributed by atoms with Crippen LogP contribution in [-0.2, 0) is 30.4 Å². The topological polar surface area (TPSA) is 59.9 Å². The molecule has 7 rings (SSSR count). The van der Waals surface area contributed by atoms with Gasteiger partial charge in [0, 0.05) is 47.3 Å². The van der Waals surface area contributed by atoms with Crippen LogP contribution in [0.15, 0.2) is 77.8 Å². The van der Waals surface area contributed by atoms with Crippen LogP contribution in [0.2, 0.25) is 0 Å². The summed E-state index contributed by atoms with van der Waals surface area (Å²) in [5, 5.41) is 5.26. The first-order chi connectivity index (χ1) is 20.3. The Hall–Kier alpha value is -4.30. The van der Waals surface area contributed by atoms with Crippen LogP contribution in [-0.4, -0.2) is 19.1 Å². The fraction of sp³-hybridized carbons (Fsp3) is 0.235. The number of carbonyl (C=O) groups excluding carboxylic acids is 1. The number of carbonyl (C=O) groups is 1. The molecule has 3 heterocycles. The molecular weight excluding hydrogens is 577 g/mol. The maximum absolute atomic E-state index is 13.5. The molecule has 0 aliphatic carbocycles. The molecule has 0 fully saturated rings. The zero-order chi connectivity index (χ0) is 28.8. The lowest BCUT2D eigenvalue weighted by Gasteiger charge is -2.27. The molecule has 3 aliphatic rings. The smallest absolute Gasteiger partial charge is 0.416 e. The average molecular weight is 605 g/mol. The van der Waals surface area contributed by atoms with Gasteiger partial charge in [0.1, 0.15) is 18.1 Å². The van der Waals surface area contributed by atoms with Gasteiger partial charge in [0.2, 0.25) is 0 Å². The zero-order valence-electron chi connectivity index (χ0n) is 23.1. The number of rotatable bonds is 4. The summed E-state index contributed by atoms with van der Waals surface area (Å²) in [6.45, 7) is 1.39. The molecule has 4 aromatic rings. The molecule has 0 saturated carbocycles. The summed E-state index contributed by atoms with van der Waals surface area (Å²) < 4.78 is 51.7. The normalized spacial score (nSPS) is 14.8. The summed E-state index contributed by atoms with van der Waals surface area (Å²) in [5.74, 6) is 0.746. The number of aryl methyl sites for hydroxylation is 2. The van der Waals surface area contributed by atoms with Gasteiger partial charge in [-0.2, -0.15) is 13.2 Å². The number of alkyl halides is 3. The Morgan fingerprint density at radius 1 is 0.907 bits per heavy atom. The minimum atomic E-state index is -4.48. The Labute approximate surface area is 252 Å². The number of esters is 1. The van der Waals surface area contributed by atoms with E-state index < -0.39 is 17.7 Å². The van der Waals surface area contributed by atoms with E-state index in [1.165, 1.54) is 17.7 Å². The van der Waals surface area contributed by atoms with Gasteiger partial charge < -0.3 is 14.8 Å². The van der Waals surface area contributed by atoms with Crippen molar-refractivity contribution in [2.75, 3.05) is 18.4 Å². The lowest BCUT2D eigenvalue weighted by atomic mass is 9.87. The molecule has 0 aromatic heterocycles. The van der Waals surface area contributed by atoms with Crippen LogP contribution >= 0.6 is 12.4 Å². The molecule has 0 unspecified atom stereocenters. The molecule has 0 saturated heterocycles. The van der Waals surface area contributed by atoms with Crippen LogP contribution in [0.5, 0.6) is 11.5 Å². The second-order valence-electron chi connectivity index (χ2n) is 10.8. The monoisotopic (exact) mass is 604 g/mol. The number of hydrogen-bond donors (Lipinski definition) is 1. The Morgan fingerprint density at radius 2 is 1.74 bits per heavy atom. The Balaban J connectivity index is 0.00000329. The van der Waals surface area contributed by atoms with Crippen LogP contribution in [0.1, 0.15) is 56.6 Å². The molecule has 3 aliphatic heterocycles. The van der Waals surface area contributed by atoms with Gasteiger partial charge in [0.25, 0.3) is 0 Å². The van der Waals surface area contributed by atoms with Crippen LogP contribution < -0.4 is 20.6 Å². The Kier molecular flexibility index (Phi) is 7.65. The van der Waals surface area contributed by atoms with Gasteiger partial charge in [-0.1, -0.05) is 30.3 Å². The first-order valence-corrected chi connectivity index (χ1v) is 14.1. The summed E-state index contributed by atoms with van der Waals surface area (Å²) in [7, 11) is 0. The van der Waals surface area contributed by atoms with Gasteiger partial charge in [-0.25, -0.2) is 4.79 Å². The maximum atomic E-state index is 13.5. The predicted octanol–water partition coefficient (Wildman–Crippen LogP) is 6.76. The van der Waals surface area contributed by atoms with E-state index in [1.54, 1.807) is 12.1 Å². The lowest BCUT2D eigenvalue weighted by molar-refractivity contribution is -0.137. The van der Waals surface area contributed by atoms with Crippen LogP contribution in [0.4, 0.5) is 18.9 Å². The number of ether oxygens (including phenoxy) is 2. The summed E-state index contributed by atoms with van der Waals surface area (Å²) in [6.07, 6.45) is -0.656. The highest BCUT2D eigenvalue weighted by Crippen LogP contribution is 2.41. The number of anilines is 1. The van der Waals surface area contributed by atoms with E-state index in [4.69, 9.17) is 14.5 Å².